The molecule has 23 heavy (non-hydrogen) atoms. The maximum atomic E-state index is 12.5. The van der Waals surface area contributed by atoms with Crippen LogP contribution in [0, 0.1) is 0 Å². The lowest BCUT2D eigenvalue weighted by atomic mass is 10.2. The monoisotopic (exact) mass is 334 g/mol. The Labute approximate surface area is 132 Å². The average Bonchev–Trinajstić information content (AvgIpc) is 2.89. The van der Waals surface area contributed by atoms with Gasteiger partial charge in [-0.3, -0.25) is 0 Å². The Hall–Kier alpha value is -1.77. The number of morpholine rings is 1. The minimum absolute atomic E-state index is 0.0169. The molecule has 6 nitrogen and oxygen atoms in total. The SMILES string of the molecule is CC[C@H]1CN(C(=O)NCc2nccn2CC(F)(F)F)C[C@@H](C)O1. The molecular weight excluding hydrogens is 313 g/mol. The Balaban J connectivity index is 1.91. The molecule has 2 atom stereocenters. The van der Waals surface area contributed by atoms with E-state index in [-0.39, 0.29) is 30.6 Å². The number of carbonyl (C=O) groups excluding carboxylic acids is 1. The fourth-order valence-corrected chi connectivity index (χ4v) is 2.55. The second kappa shape index (κ2) is 7.20. The van der Waals surface area contributed by atoms with Gasteiger partial charge in [0.2, 0.25) is 0 Å². The van der Waals surface area contributed by atoms with Crippen molar-refractivity contribution in [1.29, 1.82) is 0 Å². The van der Waals surface area contributed by atoms with Crippen LogP contribution in [0.25, 0.3) is 0 Å². The molecule has 1 aliphatic rings. The normalized spacial score (nSPS) is 22.2. The molecule has 1 saturated heterocycles. The van der Waals surface area contributed by atoms with E-state index in [9.17, 15) is 18.0 Å². The van der Waals surface area contributed by atoms with Gasteiger partial charge >= 0.3 is 12.2 Å². The van der Waals surface area contributed by atoms with Crippen molar-refractivity contribution in [2.24, 2.45) is 0 Å². The summed E-state index contributed by atoms with van der Waals surface area (Å²) in [5.74, 6) is 0.170. The highest BCUT2D eigenvalue weighted by molar-refractivity contribution is 5.74. The van der Waals surface area contributed by atoms with E-state index >= 15 is 0 Å². The summed E-state index contributed by atoms with van der Waals surface area (Å²) >= 11 is 0. The number of nitrogens with zero attached hydrogens (tertiary/aromatic N) is 3. The van der Waals surface area contributed by atoms with Crippen LogP contribution in [0.1, 0.15) is 26.1 Å². The van der Waals surface area contributed by atoms with Gasteiger partial charge in [0, 0.05) is 25.5 Å². The number of halogens is 3. The molecule has 2 rings (SSSR count). The lowest BCUT2D eigenvalue weighted by Gasteiger charge is -2.36. The van der Waals surface area contributed by atoms with Crippen LogP contribution in [0.5, 0.6) is 0 Å². The summed E-state index contributed by atoms with van der Waals surface area (Å²) in [6.07, 6.45) is -1.07. The number of hydrogen-bond acceptors (Lipinski definition) is 3. The third kappa shape index (κ3) is 5.12. The van der Waals surface area contributed by atoms with Gasteiger partial charge in [0.15, 0.2) is 0 Å². The maximum Gasteiger partial charge on any atom is 0.406 e. The number of hydrogen-bond donors (Lipinski definition) is 1. The highest BCUT2D eigenvalue weighted by atomic mass is 19.4. The van der Waals surface area contributed by atoms with Crippen LogP contribution in [-0.4, -0.2) is 52.0 Å². The van der Waals surface area contributed by atoms with E-state index in [1.54, 1.807) is 4.90 Å². The third-order valence-electron chi connectivity index (χ3n) is 3.62. The molecule has 1 N–H and O–H groups in total. The summed E-state index contributed by atoms with van der Waals surface area (Å²) in [5, 5.41) is 2.63. The minimum Gasteiger partial charge on any atom is -0.372 e. The molecule has 2 heterocycles. The zero-order valence-corrected chi connectivity index (χ0v) is 13.1. The smallest absolute Gasteiger partial charge is 0.372 e. The minimum atomic E-state index is -4.33. The number of aromatic nitrogens is 2. The number of urea groups is 1. The quantitative estimate of drug-likeness (QED) is 0.918. The third-order valence-corrected chi connectivity index (χ3v) is 3.62. The van der Waals surface area contributed by atoms with Gasteiger partial charge in [-0.15, -0.1) is 0 Å². The van der Waals surface area contributed by atoms with Crippen LogP contribution in [0.4, 0.5) is 18.0 Å². The van der Waals surface area contributed by atoms with Crippen molar-refractivity contribution in [3.05, 3.63) is 18.2 Å². The van der Waals surface area contributed by atoms with E-state index in [0.717, 1.165) is 11.0 Å². The number of alkyl halides is 3. The van der Waals surface area contributed by atoms with Gasteiger partial charge in [-0.1, -0.05) is 6.92 Å². The molecule has 1 aliphatic heterocycles. The van der Waals surface area contributed by atoms with Crippen molar-refractivity contribution < 1.29 is 22.7 Å². The topological polar surface area (TPSA) is 59.4 Å². The molecule has 1 aromatic heterocycles. The summed E-state index contributed by atoms with van der Waals surface area (Å²) < 4.78 is 44.0. The summed E-state index contributed by atoms with van der Waals surface area (Å²) in [6.45, 7) is 3.63. The molecule has 1 aromatic rings. The highest BCUT2D eigenvalue weighted by Gasteiger charge is 2.30. The molecule has 0 bridgehead atoms. The molecule has 0 unspecified atom stereocenters. The lowest BCUT2D eigenvalue weighted by molar-refractivity contribution is -0.141. The standard InChI is InChI=1S/C14H21F3N4O2/c1-3-11-8-21(7-10(2)23-11)13(22)19-6-12-18-4-5-20(12)9-14(15,16)17/h4-5,10-11H,3,6-9H2,1-2H3,(H,19,22)/t10-,11+/m1/s1. The van der Waals surface area contributed by atoms with Crippen molar-refractivity contribution in [3.63, 3.8) is 0 Å². The van der Waals surface area contributed by atoms with Crippen LogP contribution < -0.4 is 5.32 Å². The molecular formula is C14H21F3N4O2. The Morgan fingerprint density at radius 3 is 2.87 bits per heavy atom. The van der Waals surface area contributed by atoms with Gasteiger partial charge in [-0.25, -0.2) is 9.78 Å². The Morgan fingerprint density at radius 2 is 2.22 bits per heavy atom. The number of ether oxygens (including phenoxy) is 1. The maximum absolute atomic E-state index is 12.5. The van der Waals surface area contributed by atoms with Gasteiger partial charge in [-0.05, 0) is 13.3 Å². The Morgan fingerprint density at radius 1 is 1.48 bits per heavy atom. The van der Waals surface area contributed by atoms with Crippen molar-refractivity contribution in [3.8, 4) is 0 Å². The van der Waals surface area contributed by atoms with Crippen LogP contribution in [0.2, 0.25) is 0 Å². The van der Waals surface area contributed by atoms with E-state index in [4.69, 9.17) is 4.74 Å². The second-order valence-electron chi connectivity index (χ2n) is 5.63. The van der Waals surface area contributed by atoms with E-state index in [2.05, 4.69) is 10.3 Å². The van der Waals surface area contributed by atoms with E-state index < -0.39 is 12.7 Å². The summed E-state index contributed by atoms with van der Waals surface area (Å²) in [5.41, 5.74) is 0. The fraction of sp³-hybridized carbons (Fsp3) is 0.714. The van der Waals surface area contributed by atoms with E-state index in [1.807, 2.05) is 13.8 Å². The van der Waals surface area contributed by atoms with Gasteiger partial charge in [0.1, 0.15) is 12.4 Å². The van der Waals surface area contributed by atoms with E-state index in [1.165, 1.54) is 12.4 Å². The molecule has 0 aliphatic carbocycles. The molecule has 0 spiro atoms. The number of nitrogens with one attached hydrogen (secondary N) is 1. The first-order valence-corrected chi connectivity index (χ1v) is 7.53. The predicted molar refractivity (Wildman–Crippen MR) is 76.7 cm³/mol. The second-order valence-corrected chi connectivity index (χ2v) is 5.63. The first-order chi connectivity index (χ1) is 10.8. The first-order valence-electron chi connectivity index (χ1n) is 7.53. The van der Waals surface area contributed by atoms with Crippen molar-refractivity contribution >= 4 is 6.03 Å². The number of carbonyl (C=O) groups is 1. The first kappa shape index (κ1) is 17.6. The van der Waals surface area contributed by atoms with Crippen LogP contribution in [-0.2, 0) is 17.8 Å². The lowest BCUT2D eigenvalue weighted by Crippen LogP contribution is -2.52. The molecule has 1 fully saturated rings. The molecule has 0 saturated carbocycles. The zero-order valence-electron chi connectivity index (χ0n) is 13.1. The summed E-state index contributed by atoms with van der Waals surface area (Å²) in [7, 11) is 0. The largest absolute Gasteiger partial charge is 0.406 e. The molecule has 0 radical (unpaired) electrons. The molecule has 2 amide bonds. The summed E-state index contributed by atoms with van der Waals surface area (Å²) in [6, 6.07) is -0.319. The van der Waals surface area contributed by atoms with Crippen molar-refractivity contribution in [1.82, 2.24) is 19.8 Å². The summed E-state index contributed by atoms with van der Waals surface area (Å²) in [4.78, 5) is 17.7. The molecule has 9 heteroatoms. The van der Waals surface area contributed by atoms with Gasteiger partial charge in [-0.2, -0.15) is 13.2 Å². The van der Waals surface area contributed by atoms with Crippen LogP contribution in [0.15, 0.2) is 12.4 Å². The van der Waals surface area contributed by atoms with Crippen molar-refractivity contribution in [2.75, 3.05) is 13.1 Å². The average molecular weight is 334 g/mol. The number of amides is 2. The zero-order chi connectivity index (χ0) is 17.0. The van der Waals surface area contributed by atoms with Crippen molar-refractivity contribution in [2.45, 2.75) is 51.7 Å². The fourth-order valence-electron chi connectivity index (χ4n) is 2.55. The van der Waals surface area contributed by atoms with Gasteiger partial charge in [0.25, 0.3) is 0 Å². The number of rotatable bonds is 4. The van der Waals surface area contributed by atoms with Gasteiger partial charge < -0.3 is 19.5 Å². The van der Waals surface area contributed by atoms with Gasteiger partial charge in [0.05, 0.1) is 18.8 Å². The predicted octanol–water partition coefficient (Wildman–Crippen LogP) is 2.15. The molecule has 130 valence electrons. The van der Waals surface area contributed by atoms with Crippen LogP contribution in [0.3, 0.4) is 0 Å². The number of imidazole rings is 1. The highest BCUT2D eigenvalue weighted by Crippen LogP contribution is 2.18. The van der Waals surface area contributed by atoms with E-state index in [0.29, 0.717) is 13.1 Å². The molecule has 0 aromatic carbocycles. The van der Waals surface area contributed by atoms with Crippen LogP contribution >= 0.6 is 0 Å². The Kier molecular flexibility index (Phi) is 5.51. The Bertz CT molecular complexity index is 532.